The third kappa shape index (κ3) is 2.21. The van der Waals surface area contributed by atoms with E-state index in [0.29, 0.717) is 3.97 Å². The monoisotopic (exact) mass is 357 g/mol. The van der Waals surface area contributed by atoms with Gasteiger partial charge in [0.25, 0.3) is 10.0 Å². The van der Waals surface area contributed by atoms with Crippen LogP contribution >= 0.6 is 0 Å². The summed E-state index contributed by atoms with van der Waals surface area (Å²) in [7, 11) is -4.31. The Kier molecular flexibility index (Phi) is 3.67. The third-order valence-corrected chi connectivity index (χ3v) is 5.42. The van der Waals surface area contributed by atoms with Crippen molar-refractivity contribution in [1.29, 1.82) is 0 Å². The molecule has 0 spiro atoms. The highest BCUT2D eigenvalue weighted by Crippen LogP contribution is 2.32. The summed E-state index contributed by atoms with van der Waals surface area (Å²) in [6, 6.07) is 5.64. The van der Waals surface area contributed by atoms with E-state index >= 15 is 0 Å². The summed E-state index contributed by atoms with van der Waals surface area (Å²) in [6.45, 7) is 3.03. The zero-order chi connectivity index (χ0) is 17.8. The summed E-state index contributed by atoms with van der Waals surface area (Å²) in [5, 5.41) is -0.609. The number of benzene rings is 2. The minimum Gasteiger partial charge on any atom is -0.238 e. The van der Waals surface area contributed by atoms with Crippen LogP contribution in [0.15, 0.2) is 35.4 Å². The van der Waals surface area contributed by atoms with Crippen LogP contribution in [0.1, 0.15) is 11.1 Å². The molecule has 1 heterocycles. The molecule has 0 saturated heterocycles. The fourth-order valence-corrected chi connectivity index (χ4v) is 3.92. The van der Waals surface area contributed by atoms with Gasteiger partial charge in [-0.3, -0.25) is 0 Å². The number of aryl methyl sites for hydroxylation is 2. The van der Waals surface area contributed by atoms with E-state index in [-0.39, 0.29) is 10.5 Å². The van der Waals surface area contributed by atoms with Gasteiger partial charge in [-0.1, -0.05) is 17.7 Å². The fourth-order valence-electron chi connectivity index (χ4n) is 2.51. The maximum atomic E-state index is 14.2. The molecular formula is C16H11F4NO2S. The highest BCUT2D eigenvalue weighted by Gasteiger charge is 2.29. The van der Waals surface area contributed by atoms with Crippen molar-refractivity contribution < 1.29 is 26.0 Å². The van der Waals surface area contributed by atoms with Crippen molar-refractivity contribution >= 4 is 20.9 Å². The molecule has 0 saturated carbocycles. The molecule has 3 rings (SSSR count). The number of fused-ring (bicyclic) bond motifs is 1. The minimum atomic E-state index is -4.31. The van der Waals surface area contributed by atoms with Crippen LogP contribution in [0.2, 0.25) is 0 Å². The van der Waals surface area contributed by atoms with Gasteiger partial charge < -0.3 is 0 Å². The zero-order valence-corrected chi connectivity index (χ0v) is 13.4. The Balaban J connectivity index is 2.42. The molecule has 0 aliphatic rings. The van der Waals surface area contributed by atoms with E-state index < -0.39 is 44.2 Å². The Morgan fingerprint density at radius 2 is 1.38 bits per heavy atom. The Labute approximate surface area is 135 Å². The molecule has 0 N–H and O–H groups in total. The number of aromatic nitrogens is 1. The van der Waals surface area contributed by atoms with Gasteiger partial charge in [-0.15, -0.1) is 0 Å². The summed E-state index contributed by atoms with van der Waals surface area (Å²) in [5.41, 5.74) is -0.0895. The Hall–Kier alpha value is -2.35. The largest absolute Gasteiger partial charge is 0.268 e. The zero-order valence-electron chi connectivity index (χ0n) is 12.6. The van der Waals surface area contributed by atoms with Gasteiger partial charge in [0, 0.05) is 11.6 Å². The first-order valence-electron chi connectivity index (χ1n) is 6.82. The highest BCUT2D eigenvalue weighted by atomic mass is 32.2. The molecule has 0 bridgehead atoms. The third-order valence-electron chi connectivity index (χ3n) is 3.75. The second-order valence-electron chi connectivity index (χ2n) is 5.41. The molecule has 24 heavy (non-hydrogen) atoms. The maximum absolute atomic E-state index is 14.2. The summed E-state index contributed by atoms with van der Waals surface area (Å²) < 4.78 is 80.9. The van der Waals surface area contributed by atoms with Gasteiger partial charge >= 0.3 is 0 Å². The van der Waals surface area contributed by atoms with E-state index in [4.69, 9.17) is 0 Å². The van der Waals surface area contributed by atoms with Gasteiger partial charge in [0.1, 0.15) is 5.52 Å². The summed E-state index contributed by atoms with van der Waals surface area (Å²) in [4.78, 5) is -0.186. The van der Waals surface area contributed by atoms with Gasteiger partial charge in [0.2, 0.25) is 0 Å². The first-order chi connectivity index (χ1) is 11.2. The molecule has 8 heteroatoms. The normalized spacial score (nSPS) is 12.1. The molecule has 0 unspecified atom stereocenters. The van der Waals surface area contributed by atoms with Crippen LogP contribution in [0, 0.1) is 37.1 Å². The van der Waals surface area contributed by atoms with Crippen molar-refractivity contribution in [2.45, 2.75) is 18.7 Å². The molecular weight excluding hydrogens is 346 g/mol. The van der Waals surface area contributed by atoms with Crippen molar-refractivity contribution in [2.24, 2.45) is 0 Å². The van der Waals surface area contributed by atoms with Gasteiger partial charge in [0.05, 0.1) is 4.90 Å². The van der Waals surface area contributed by atoms with Crippen molar-refractivity contribution in [3.8, 4) is 0 Å². The lowest BCUT2D eigenvalue weighted by molar-refractivity contribution is 0.417. The van der Waals surface area contributed by atoms with Crippen LogP contribution in [-0.2, 0) is 10.0 Å². The molecule has 2 aromatic carbocycles. The molecule has 1 aromatic heterocycles. The summed E-state index contributed by atoms with van der Waals surface area (Å²) in [6.07, 6.45) is 0.935. The van der Waals surface area contributed by atoms with Gasteiger partial charge in [-0.2, -0.15) is 0 Å². The topological polar surface area (TPSA) is 39.1 Å². The van der Waals surface area contributed by atoms with Crippen molar-refractivity contribution in [3.05, 3.63) is 64.9 Å². The smallest absolute Gasteiger partial charge is 0.238 e. The predicted octanol–water partition coefficient (Wildman–Crippen LogP) is 4.05. The van der Waals surface area contributed by atoms with Gasteiger partial charge in [-0.25, -0.2) is 30.0 Å². The summed E-state index contributed by atoms with van der Waals surface area (Å²) >= 11 is 0. The van der Waals surface area contributed by atoms with Crippen LogP contribution < -0.4 is 0 Å². The molecule has 0 aliphatic heterocycles. The van der Waals surface area contributed by atoms with E-state index in [9.17, 15) is 26.0 Å². The van der Waals surface area contributed by atoms with Gasteiger partial charge in [0.15, 0.2) is 23.3 Å². The maximum Gasteiger partial charge on any atom is 0.268 e. The number of hydrogen-bond acceptors (Lipinski definition) is 2. The Morgan fingerprint density at radius 3 is 1.96 bits per heavy atom. The van der Waals surface area contributed by atoms with E-state index in [1.54, 1.807) is 6.92 Å². The Morgan fingerprint density at radius 1 is 0.833 bits per heavy atom. The minimum absolute atomic E-state index is 0.0315. The van der Waals surface area contributed by atoms with Crippen molar-refractivity contribution in [2.75, 3.05) is 0 Å². The molecule has 0 amide bonds. The quantitative estimate of drug-likeness (QED) is 0.394. The first-order valence-corrected chi connectivity index (χ1v) is 8.26. The lowest BCUT2D eigenvalue weighted by Gasteiger charge is -2.09. The number of hydrogen-bond donors (Lipinski definition) is 0. The van der Waals surface area contributed by atoms with Gasteiger partial charge in [-0.05, 0) is 31.5 Å². The second kappa shape index (κ2) is 5.34. The van der Waals surface area contributed by atoms with Crippen LogP contribution in [0.3, 0.4) is 0 Å². The fraction of sp³-hybridized carbons (Fsp3) is 0.125. The molecule has 126 valence electrons. The molecule has 0 aliphatic carbocycles. The average molecular weight is 357 g/mol. The standard InChI is InChI=1S/C16H11F4NO2S/c1-8-3-5-10(6-4-8)24(22,23)21-7-9(2)11-12(17)13(18)14(19)15(20)16(11)21/h3-7H,1-2H3. The average Bonchev–Trinajstić information content (AvgIpc) is 2.89. The molecule has 0 radical (unpaired) electrons. The molecule has 0 atom stereocenters. The van der Waals surface area contributed by atoms with Crippen molar-refractivity contribution in [3.63, 3.8) is 0 Å². The highest BCUT2D eigenvalue weighted by molar-refractivity contribution is 7.90. The van der Waals surface area contributed by atoms with Crippen LogP contribution in [0.4, 0.5) is 17.6 Å². The lowest BCUT2D eigenvalue weighted by atomic mass is 10.1. The number of nitrogens with zero attached hydrogens (tertiary/aromatic N) is 1. The number of halogens is 4. The Bertz CT molecular complexity index is 1070. The van der Waals surface area contributed by atoms with Crippen LogP contribution in [-0.4, -0.2) is 12.4 Å². The van der Waals surface area contributed by atoms with Crippen molar-refractivity contribution in [1.82, 2.24) is 3.97 Å². The first kappa shape index (κ1) is 16.5. The second-order valence-corrected chi connectivity index (χ2v) is 7.22. The lowest BCUT2D eigenvalue weighted by Crippen LogP contribution is -2.13. The van der Waals surface area contributed by atoms with Crippen LogP contribution in [0.5, 0.6) is 0 Å². The molecule has 0 fully saturated rings. The SMILES string of the molecule is Cc1ccc(S(=O)(=O)n2cc(C)c3c(F)c(F)c(F)c(F)c32)cc1. The van der Waals surface area contributed by atoms with Crippen LogP contribution in [0.25, 0.3) is 10.9 Å². The van der Waals surface area contributed by atoms with E-state index in [1.165, 1.54) is 31.2 Å². The number of rotatable bonds is 2. The van der Waals surface area contributed by atoms with E-state index in [2.05, 4.69) is 0 Å². The van der Waals surface area contributed by atoms with E-state index in [1.807, 2.05) is 0 Å². The molecule has 3 aromatic rings. The predicted molar refractivity (Wildman–Crippen MR) is 80.3 cm³/mol. The summed E-state index contributed by atoms with van der Waals surface area (Å²) in [5.74, 6) is -7.42. The van der Waals surface area contributed by atoms with E-state index in [0.717, 1.165) is 11.8 Å². The molecule has 3 nitrogen and oxygen atoms in total.